The fraction of sp³-hybridized carbons (Fsp3) is 0.769. The summed E-state index contributed by atoms with van der Waals surface area (Å²) < 4.78 is 5.42. The Morgan fingerprint density at radius 2 is 2.10 bits per heavy atom. The van der Waals surface area contributed by atoms with Crippen molar-refractivity contribution in [3.8, 4) is 0 Å². The summed E-state index contributed by atoms with van der Waals surface area (Å²) in [4.78, 5) is 11.3. The fourth-order valence-electron chi connectivity index (χ4n) is 2.38. The molecule has 0 amide bonds. The van der Waals surface area contributed by atoms with Crippen LogP contribution in [0.15, 0.2) is 12.3 Å². The molecule has 0 aliphatic carbocycles. The number of aliphatic hydroxyl groups is 4. The highest BCUT2D eigenvalue weighted by atomic mass is 16.6. The number of carboxylic acids is 1. The third-order valence-corrected chi connectivity index (χ3v) is 3.55. The number of aliphatic hydroxyl groups excluding tert-OH is 4. The minimum atomic E-state index is -1.70. The van der Waals surface area contributed by atoms with Crippen molar-refractivity contribution in [1.29, 1.82) is 0 Å². The number of allylic oxidation sites excluding steroid dienone is 1. The molecule has 1 heterocycles. The van der Waals surface area contributed by atoms with E-state index in [0.29, 0.717) is 5.70 Å². The van der Waals surface area contributed by atoms with E-state index in [1.165, 1.54) is 6.92 Å². The van der Waals surface area contributed by atoms with Gasteiger partial charge in [0.2, 0.25) is 0 Å². The smallest absolute Gasteiger partial charge is 0.335 e. The first-order valence-electron chi connectivity index (χ1n) is 6.60. The second kappa shape index (κ2) is 6.71. The van der Waals surface area contributed by atoms with Crippen LogP contribution in [0.4, 0.5) is 0 Å². The first-order valence-corrected chi connectivity index (χ1v) is 6.60. The van der Waals surface area contributed by atoms with E-state index in [1.54, 1.807) is 6.92 Å². The molecular weight excluding hydrogens is 282 g/mol. The zero-order valence-electron chi connectivity index (χ0n) is 12.1. The zero-order chi connectivity index (χ0) is 16.4. The zero-order valence-corrected chi connectivity index (χ0v) is 12.1. The first-order chi connectivity index (χ1) is 9.62. The quantitative estimate of drug-likeness (QED) is 0.337. The maximum absolute atomic E-state index is 11.3. The van der Waals surface area contributed by atoms with Crippen molar-refractivity contribution in [3.05, 3.63) is 12.3 Å². The summed E-state index contributed by atoms with van der Waals surface area (Å²) in [7, 11) is 0. The molecule has 6 N–H and O–H groups in total. The molecule has 0 saturated carbocycles. The van der Waals surface area contributed by atoms with Gasteiger partial charge in [0.25, 0.3) is 0 Å². The summed E-state index contributed by atoms with van der Waals surface area (Å²) in [5.41, 5.74) is -1.22. The number of rotatable bonds is 6. The molecule has 0 aromatic rings. The van der Waals surface area contributed by atoms with Gasteiger partial charge in [0.15, 0.2) is 5.60 Å². The van der Waals surface area contributed by atoms with Gasteiger partial charge in [-0.25, -0.2) is 4.79 Å². The van der Waals surface area contributed by atoms with Crippen molar-refractivity contribution in [2.45, 2.75) is 56.3 Å². The Balaban J connectivity index is 3.07. The highest BCUT2D eigenvalue weighted by Gasteiger charge is 2.51. The number of hydrogen-bond donors (Lipinski definition) is 6. The van der Waals surface area contributed by atoms with Gasteiger partial charge < -0.3 is 35.6 Å². The Kier molecular flexibility index (Phi) is 5.71. The lowest BCUT2D eigenvalue weighted by molar-refractivity contribution is -0.223. The molecule has 122 valence electrons. The number of aliphatic carboxylic acids is 1. The number of carbonyl (C=O) groups is 1. The van der Waals surface area contributed by atoms with E-state index < -0.39 is 48.6 Å². The molecule has 0 radical (unpaired) electrons. The summed E-state index contributed by atoms with van der Waals surface area (Å²) in [6, 6.07) is -0.855. The number of carboxylic acid groups (broad SMARTS) is 1. The predicted molar refractivity (Wildman–Crippen MR) is 72.4 cm³/mol. The topological polar surface area (TPSA) is 139 Å². The van der Waals surface area contributed by atoms with Gasteiger partial charge in [-0.15, -0.1) is 0 Å². The molecule has 1 fully saturated rings. The van der Waals surface area contributed by atoms with Gasteiger partial charge in [-0.1, -0.05) is 6.58 Å². The lowest BCUT2D eigenvalue weighted by Crippen LogP contribution is -2.65. The lowest BCUT2D eigenvalue weighted by atomic mass is 9.84. The highest BCUT2D eigenvalue weighted by molar-refractivity contribution is 5.77. The second-order valence-corrected chi connectivity index (χ2v) is 5.58. The minimum Gasteiger partial charge on any atom is -0.479 e. The Morgan fingerprint density at radius 3 is 2.52 bits per heavy atom. The van der Waals surface area contributed by atoms with Crippen LogP contribution in [-0.4, -0.2) is 74.2 Å². The van der Waals surface area contributed by atoms with Crippen LogP contribution in [0.1, 0.15) is 20.3 Å². The molecule has 0 bridgehead atoms. The largest absolute Gasteiger partial charge is 0.479 e. The van der Waals surface area contributed by atoms with Crippen LogP contribution in [0, 0.1) is 0 Å². The maximum Gasteiger partial charge on any atom is 0.335 e. The van der Waals surface area contributed by atoms with E-state index in [-0.39, 0.29) is 6.42 Å². The van der Waals surface area contributed by atoms with Gasteiger partial charge in [0, 0.05) is 12.1 Å². The van der Waals surface area contributed by atoms with Crippen LogP contribution in [0.25, 0.3) is 0 Å². The average molecular weight is 305 g/mol. The van der Waals surface area contributed by atoms with Crippen LogP contribution in [0.5, 0.6) is 0 Å². The standard InChI is InChI=1S/C13H23NO7/c1-6(2)14-9-7(16)4-13(3,12(19)20)21-11(9)10(18)8(17)5-15/h7-11,14-18H,1,4-5H2,2-3H3,(H,19,20). The van der Waals surface area contributed by atoms with Gasteiger partial charge in [-0.3, -0.25) is 0 Å². The van der Waals surface area contributed by atoms with Gasteiger partial charge in [-0.05, 0) is 13.8 Å². The average Bonchev–Trinajstić information content (AvgIpc) is 2.39. The number of nitrogens with one attached hydrogen (secondary N) is 1. The van der Waals surface area contributed by atoms with Crippen molar-refractivity contribution in [2.24, 2.45) is 0 Å². The third-order valence-electron chi connectivity index (χ3n) is 3.55. The maximum atomic E-state index is 11.3. The van der Waals surface area contributed by atoms with E-state index in [9.17, 15) is 25.2 Å². The van der Waals surface area contributed by atoms with E-state index >= 15 is 0 Å². The van der Waals surface area contributed by atoms with Crippen molar-refractivity contribution in [1.82, 2.24) is 5.32 Å². The Hall–Kier alpha value is -1.19. The summed E-state index contributed by atoms with van der Waals surface area (Å²) in [6.45, 7) is 5.81. The number of ether oxygens (including phenoxy) is 1. The Morgan fingerprint density at radius 1 is 1.52 bits per heavy atom. The van der Waals surface area contributed by atoms with Crippen LogP contribution >= 0.6 is 0 Å². The molecule has 21 heavy (non-hydrogen) atoms. The fourth-order valence-corrected chi connectivity index (χ4v) is 2.38. The summed E-state index contributed by atoms with van der Waals surface area (Å²) in [6.07, 6.45) is -5.64. The SMILES string of the molecule is C=C(C)NC1C(O)CC(C)(C(=O)O)OC1C(O)C(O)CO. The van der Waals surface area contributed by atoms with Gasteiger partial charge in [-0.2, -0.15) is 0 Å². The second-order valence-electron chi connectivity index (χ2n) is 5.58. The van der Waals surface area contributed by atoms with Crippen molar-refractivity contribution in [2.75, 3.05) is 6.61 Å². The minimum absolute atomic E-state index is 0.189. The molecule has 8 heteroatoms. The summed E-state index contributed by atoms with van der Waals surface area (Å²) in [5.74, 6) is -1.29. The molecule has 1 aliphatic rings. The molecule has 1 rings (SSSR count). The normalized spacial score (nSPS) is 35.8. The number of hydrogen-bond acceptors (Lipinski definition) is 7. The summed E-state index contributed by atoms with van der Waals surface area (Å²) >= 11 is 0. The molecule has 8 nitrogen and oxygen atoms in total. The van der Waals surface area contributed by atoms with Crippen LogP contribution in [-0.2, 0) is 9.53 Å². The Bertz CT molecular complexity index is 402. The molecule has 0 aromatic heterocycles. The monoisotopic (exact) mass is 305 g/mol. The van der Waals surface area contributed by atoms with Crippen molar-refractivity contribution >= 4 is 5.97 Å². The summed E-state index contributed by atoms with van der Waals surface area (Å²) in [5, 5.41) is 50.7. The van der Waals surface area contributed by atoms with Crippen LogP contribution < -0.4 is 5.32 Å². The molecular formula is C13H23NO7. The van der Waals surface area contributed by atoms with Crippen LogP contribution in [0.3, 0.4) is 0 Å². The van der Waals surface area contributed by atoms with E-state index in [4.69, 9.17) is 9.84 Å². The molecule has 6 atom stereocenters. The van der Waals surface area contributed by atoms with Crippen molar-refractivity contribution in [3.63, 3.8) is 0 Å². The molecule has 0 aromatic carbocycles. The van der Waals surface area contributed by atoms with Gasteiger partial charge in [0.05, 0.1) is 18.8 Å². The predicted octanol–water partition coefficient (Wildman–Crippen LogP) is -1.81. The first kappa shape index (κ1) is 17.9. The lowest BCUT2D eigenvalue weighted by Gasteiger charge is -2.46. The van der Waals surface area contributed by atoms with E-state index in [1.807, 2.05) is 0 Å². The van der Waals surface area contributed by atoms with Gasteiger partial charge in [0.1, 0.15) is 18.3 Å². The van der Waals surface area contributed by atoms with Gasteiger partial charge >= 0.3 is 5.97 Å². The van der Waals surface area contributed by atoms with E-state index in [2.05, 4.69) is 11.9 Å². The van der Waals surface area contributed by atoms with E-state index in [0.717, 1.165) is 0 Å². The molecule has 0 spiro atoms. The highest BCUT2D eigenvalue weighted by Crippen LogP contribution is 2.32. The van der Waals surface area contributed by atoms with Crippen LogP contribution in [0.2, 0.25) is 0 Å². The van der Waals surface area contributed by atoms with Crippen molar-refractivity contribution < 1.29 is 35.1 Å². The Labute approximate surface area is 122 Å². The third kappa shape index (κ3) is 3.92. The molecule has 1 saturated heterocycles. The molecule has 6 unspecified atom stereocenters. The molecule has 1 aliphatic heterocycles.